The molecule has 2 aromatic carbocycles. The van der Waals surface area contributed by atoms with Crippen molar-refractivity contribution >= 4 is 23.1 Å². The molecule has 1 aliphatic heterocycles. The first-order chi connectivity index (χ1) is 12.1. The zero-order valence-corrected chi connectivity index (χ0v) is 15.9. The van der Waals surface area contributed by atoms with Crippen LogP contribution in [0.5, 0.6) is 11.5 Å². The van der Waals surface area contributed by atoms with E-state index in [0.717, 1.165) is 30.0 Å². The molecule has 7 heteroatoms. The molecule has 1 aliphatic rings. The summed E-state index contributed by atoms with van der Waals surface area (Å²) in [5.41, 5.74) is 3.61. The fraction of sp³-hybridized carbons (Fsp3) is 0.316. The molecule has 140 valence electrons. The Balaban J connectivity index is 0.00000243. The number of nitrogens with one attached hydrogen (secondary N) is 2. The average Bonchev–Trinajstić information content (AvgIpc) is 3.06. The number of rotatable bonds is 5. The topological polar surface area (TPSA) is 62.8 Å². The Morgan fingerprint density at radius 1 is 1.04 bits per heavy atom. The minimum absolute atomic E-state index is 0. The normalized spacial score (nSPS) is 11.5. The Bertz CT molecular complexity index is 779. The van der Waals surface area contributed by atoms with E-state index in [0.29, 0.717) is 17.2 Å². The van der Waals surface area contributed by atoms with Crippen molar-refractivity contribution in [1.29, 1.82) is 0 Å². The number of hydrogen-bond donors (Lipinski definition) is 2. The molecule has 3 rings (SSSR count). The number of urea groups is 1. The lowest BCUT2D eigenvalue weighted by atomic mass is 10.1. The van der Waals surface area contributed by atoms with Gasteiger partial charge in [-0.05, 0) is 56.7 Å². The highest BCUT2D eigenvalue weighted by Gasteiger charge is 2.14. The standard InChI is InChI=1S/C19H23N3O3.ClH/c1-4-22(5-2)15-7-8-16(13(3)10-15)21-19(23)20-14-6-9-17-18(11-14)25-12-24-17;/h6-11H,4-5,12H2,1-3H3,(H2,20,21,23);1H/p-1. The van der Waals surface area contributed by atoms with E-state index in [1.54, 1.807) is 18.2 Å². The number of carbonyl (C=O) groups excluding carboxylic acids is 1. The van der Waals surface area contributed by atoms with Crippen LogP contribution in [-0.2, 0) is 0 Å². The third-order valence-corrected chi connectivity index (χ3v) is 4.22. The van der Waals surface area contributed by atoms with Crippen LogP contribution >= 0.6 is 0 Å². The summed E-state index contributed by atoms with van der Waals surface area (Å²) < 4.78 is 10.6. The Kier molecular flexibility index (Phi) is 6.58. The molecule has 26 heavy (non-hydrogen) atoms. The van der Waals surface area contributed by atoms with Crippen molar-refractivity contribution in [3.8, 4) is 11.5 Å². The van der Waals surface area contributed by atoms with E-state index in [2.05, 4.69) is 35.4 Å². The third-order valence-electron chi connectivity index (χ3n) is 4.22. The maximum atomic E-state index is 12.3. The first-order valence-electron chi connectivity index (χ1n) is 8.44. The monoisotopic (exact) mass is 376 g/mol. The highest BCUT2D eigenvalue weighted by molar-refractivity contribution is 6.00. The first kappa shape index (κ1) is 19.7. The second-order valence-electron chi connectivity index (χ2n) is 5.82. The van der Waals surface area contributed by atoms with Crippen molar-refractivity contribution in [2.24, 2.45) is 0 Å². The zero-order chi connectivity index (χ0) is 17.8. The molecule has 2 amide bonds. The van der Waals surface area contributed by atoms with Crippen LogP contribution in [0.2, 0.25) is 0 Å². The van der Waals surface area contributed by atoms with Gasteiger partial charge in [-0.2, -0.15) is 0 Å². The van der Waals surface area contributed by atoms with Gasteiger partial charge in [-0.15, -0.1) is 0 Å². The van der Waals surface area contributed by atoms with Crippen LogP contribution in [-0.4, -0.2) is 25.9 Å². The largest absolute Gasteiger partial charge is 1.00 e. The van der Waals surface area contributed by atoms with Gasteiger partial charge in [0.2, 0.25) is 6.79 Å². The lowest BCUT2D eigenvalue weighted by Gasteiger charge is -2.22. The number of anilines is 3. The summed E-state index contributed by atoms with van der Waals surface area (Å²) in [6.07, 6.45) is 0. The Morgan fingerprint density at radius 3 is 2.46 bits per heavy atom. The van der Waals surface area contributed by atoms with Crippen molar-refractivity contribution in [1.82, 2.24) is 0 Å². The van der Waals surface area contributed by atoms with E-state index >= 15 is 0 Å². The number of fused-ring (bicyclic) bond motifs is 1. The molecule has 0 aliphatic carbocycles. The fourth-order valence-electron chi connectivity index (χ4n) is 2.83. The number of nitrogens with zero attached hydrogens (tertiary/aromatic N) is 1. The summed E-state index contributed by atoms with van der Waals surface area (Å²) in [5.74, 6) is 1.33. The molecule has 1 heterocycles. The summed E-state index contributed by atoms with van der Waals surface area (Å²) in [6, 6.07) is 11.1. The molecule has 0 spiro atoms. The van der Waals surface area contributed by atoms with Gasteiger partial charge in [0.05, 0.1) is 0 Å². The molecule has 0 aromatic heterocycles. The van der Waals surface area contributed by atoms with Gasteiger partial charge >= 0.3 is 6.03 Å². The number of aryl methyl sites for hydroxylation is 1. The second-order valence-corrected chi connectivity index (χ2v) is 5.82. The van der Waals surface area contributed by atoms with E-state index in [-0.39, 0.29) is 25.2 Å². The average molecular weight is 377 g/mol. The number of carbonyl (C=O) groups is 1. The number of ether oxygens (including phenoxy) is 2. The number of hydrogen-bond acceptors (Lipinski definition) is 4. The Labute approximate surface area is 159 Å². The molecular weight excluding hydrogens is 354 g/mol. The Hall–Kier alpha value is -2.60. The van der Waals surface area contributed by atoms with Gasteiger partial charge in [-0.1, -0.05) is 0 Å². The van der Waals surface area contributed by atoms with Gasteiger partial charge in [0.25, 0.3) is 0 Å². The molecular formula is C19H23ClN3O3-. The van der Waals surface area contributed by atoms with Gasteiger partial charge in [0.1, 0.15) is 0 Å². The summed E-state index contributed by atoms with van der Waals surface area (Å²) in [6.45, 7) is 8.36. The lowest BCUT2D eigenvalue weighted by Crippen LogP contribution is -3.00. The summed E-state index contributed by atoms with van der Waals surface area (Å²) >= 11 is 0. The summed E-state index contributed by atoms with van der Waals surface area (Å²) in [7, 11) is 0. The van der Waals surface area contributed by atoms with Gasteiger partial charge in [-0.25, -0.2) is 4.79 Å². The predicted octanol–water partition coefficient (Wildman–Crippen LogP) is 1.22. The van der Waals surface area contributed by atoms with E-state index in [1.165, 1.54) is 0 Å². The molecule has 0 bridgehead atoms. The minimum Gasteiger partial charge on any atom is -1.00 e. The van der Waals surface area contributed by atoms with E-state index < -0.39 is 0 Å². The van der Waals surface area contributed by atoms with E-state index in [1.807, 2.05) is 19.1 Å². The SMILES string of the molecule is CCN(CC)c1ccc(NC(=O)Nc2ccc3c(c2)OCO3)c(C)c1.[Cl-]. The minimum atomic E-state index is -0.294. The van der Waals surface area contributed by atoms with Crippen LogP contribution in [0.25, 0.3) is 0 Å². The summed E-state index contributed by atoms with van der Waals surface area (Å²) in [4.78, 5) is 14.5. The van der Waals surface area contributed by atoms with Crippen LogP contribution in [0.15, 0.2) is 36.4 Å². The van der Waals surface area contributed by atoms with Gasteiger partial charge in [-0.3, -0.25) is 0 Å². The van der Waals surface area contributed by atoms with Crippen LogP contribution in [0.4, 0.5) is 21.9 Å². The van der Waals surface area contributed by atoms with Crippen molar-refractivity contribution in [3.63, 3.8) is 0 Å². The maximum Gasteiger partial charge on any atom is 0.323 e. The molecule has 6 nitrogen and oxygen atoms in total. The van der Waals surface area contributed by atoms with Crippen molar-refractivity contribution in [3.05, 3.63) is 42.0 Å². The molecule has 0 fully saturated rings. The number of benzene rings is 2. The molecule has 2 aromatic rings. The third kappa shape index (κ3) is 4.32. The fourth-order valence-corrected chi connectivity index (χ4v) is 2.83. The smallest absolute Gasteiger partial charge is 0.323 e. The predicted molar refractivity (Wildman–Crippen MR) is 99.9 cm³/mol. The van der Waals surface area contributed by atoms with Crippen LogP contribution in [0.3, 0.4) is 0 Å². The molecule has 2 N–H and O–H groups in total. The molecule has 0 atom stereocenters. The maximum absolute atomic E-state index is 12.3. The van der Waals surface area contributed by atoms with Crippen molar-refractivity contribution in [2.75, 3.05) is 35.4 Å². The second kappa shape index (κ2) is 8.67. The summed E-state index contributed by atoms with van der Waals surface area (Å²) in [5, 5.41) is 5.70. The van der Waals surface area contributed by atoms with Gasteiger partial charge in [0, 0.05) is 36.2 Å². The van der Waals surface area contributed by atoms with E-state index in [4.69, 9.17) is 9.47 Å². The van der Waals surface area contributed by atoms with Gasteiger partial charge in [0.15, 0.2) is 11.5 Å². The highest BCUT2D eigenvalue weighted by atomic mass is 35.5. The van der Waals surface area contributed by atoms with Crippen LogP contribution in [0, 0.1) is 6.92 Å². The molecule has 0 saturated heterocycles. The van der Waals surface area contributed by atoms with E-state index in [9.17, 15) is 4.79 Å². The first-order valence-corrected chi connectivity index (χ1v) is 8.44. The van der Waals surface area contributed by atoms with Crippen LogP contribution < -0.4 is 37.4 Å². The number of amides is 2. The zero-order valence-electron chi connectivity index (χ0n) is 15.1. The van der Waals surface area contributed by atoms with Crippen molar-refractivity contribution in [2.45, 2.75) is 20.8 Å². The molecule has 0 radical (unpaired) electrons. The van der Waals surface area contributed by atoms with Crippen molar-refractivity contribution < 1.29 is 26.7 Å². The Morgan fingerprint density at radius 2 is 1.77 bits per heavy atom. The molecule has 0 saturated carbocycles. The van der Waals surface area contributed by atoms with Crippen LogP contribution in [0.1, 0.15) is 19.4 Å². The highest BCUT2D eigenvalue weighted by Crippen LogP contribution is 2.34. The quantitative estimate of drug-likeness (QED) is 0.823. The van der Waals surface area contributed by atoms with Gasteiger partial charge < -0.3 is 37.4 Å². The molecule has 0 unspecified atom stereocenters. The lowest BCUT2D eigenvalue weighted by molar-refractivity contribution is -0.00000963. The number of halogens is 1.